The second-order valence-corrected chi connectivity index (χ2v) is 3.79. The van der Waals surface area contributed by atoms with E-state index in [4.69, 9.17) is 0 Å². The Kier molecular flexibility index (Phi) is 3.06. The smallest absolute Gasteiger partial charge is 0.239 e. The molecule has 17 heavy (non-hydrogen) atoms. The minimum Gasteiger partial charge on any atom is -0.390 e. The van der Waals surface area contributed by atoms with E-state index < -0.39 is 29.7 Å². The van der Waals surface area contributed by atoms with Crippen LogP contribution in [0.5, 0.6) is 0 Å². The molecule has 0 spiro atoms. The molecule has 90 valence electrons. The van der Waals surface area contributed by atoms with Gasteiger partial charge in [0.05, 0.1) is 6.10 Å². The lowest BCUT2D eigenvalue weighted by Crippen LogP contribution is -2.34. The zero-order valence-corrected chi connectivity index (χ0v) is 8.81. The van der Waals surface area contributed by atoms with E-state index in [1.807, 2.05) is 0 Å². The Hall–Kier alpha value is -1.95. The number of benzene rings is 1. The summed E-state index contributed by atoms with van der Waals surface area (Å²) < 4.78 is 12.9. The highest BCUT2D eigenvalue weighted by Gasteiger charge is 2.39. The van der Waals surface area contributed by atoms with E-state index >= 15 is 0 Å². The number of amides is 2. The number of hydrogen-bond donors (Lipinski definition) is 3. The van der Waals surface area contributed by atoms with E-state index in [-0.39, 0.29) is 12.2 Å². The zero-order valence-electron chi connectivity index (χ0n) is 8.81. The number of carbonyl (C=O) groups is 2. The first-order valence-corrected chi connectivity index (χ1v) is 5.10. The van der Waals surface area contributed by atoms with Gasteiger partial charge < -0.3 is 15.7 Å². The van der Waals surface area contributed by atoms with Gasteiger partial charge in [-0.1, -0.05) is 6.07 Å². The van der Waals surface area contributed by atoms with Crippen molar-refractivity contribution in [1.29, 1.82) is 0 Å². The first-order chi connectivity index (χ1) is 8.08. The molecule has 1 aromatic carbocycles. The third-order valence-electron chi connectivity index (χ3n) is 2.53. The summed E-state index contributed by atoms with van der Waals surface area (Å²) >= 11 is 0. The van der Waals surface area contributed by atoms with Crippen molar-refractivity contribution in [2.45, 2.75) is 6.10 Å². The molecule has 2 unspecified atom stereocenters. The molecule has 0 aliphatic carbocycles. The van der Waals surface area contributed by atoms with Crippen LogP contribution in [0.25, 0.3) is 0 Å². The lowest BCUT2D eigenvalue weighted by molar-refractivity contribution is -0.132. The number of hydrogen-bond acceptors (Lipinski definition) is 3. The highest BCUT2D eigenvalue weighted by Crippen LogP contribution is 2.15. The molecular formula is C11H11FN2O3. The quantitative estimate of drug-likeness (QED) is 0.628. The number of β-amino-alcohol motifs (C(OH)–C–C–N with tert-alkyl or cyclic N) is 1. The van der Waals surface area contributed by atoms with Gasteiger partial charge in [-0.25, -0.2) is 4.39 Å². The molecular weight excluding hydrogens is 227 g/mol. The predicted octanol–water partition coefficient (Wildman–Crippen LogP) is -0.129. The van der Waals surface area contributed by atoms with E-state index in [0.717, 1.165) is 6.07 Å². The van der Waals surface area contributed by atoms with Gasteiger partial charge in [-0.15, -0.1) is 0 Å². The summed E-state index contributed by atoms with van der Waals surface area (Å²) in [6, 6.07) is 5.32. The normalized spacial score (nSPS) is 23.3. The van der Waals surface area contributed by atoms with Gasteiger partial charge in [0.15, 0.2) is 0 Å². The van der Waals surface area contributed by atoms with Crippen molar-refractivity contribution in [1.82, 2.24) is 5.32 Å². The van der Waals surface area contributed by atoms with Crippen molar-refractivity contribution >= 4 is 17.5 Å². The molecule has 1 aliphatic rings. The predicted molar refractivity (Wildman–Crippen MR) is 57.5 cm³/mol. The standard InChI is InChI=1S/C11H11FN2O3/c12-6-2-1-3-7(4-6)14-11(17)9-8(15)5-13-10(9)16/h1-4,8-9,15H,5H2,(H,13,16)(H,14,17). The van der Waals surface area contributed by atoms with E-state index in [0.29, 0.717) is 0 Å². The third-order valence-corrected chi connectivity index (χ3v) is 2.53. The van der Waals surface area contributed by atoms with E-state index in [2.05, 4.69) is 10.6 Å². The number of aliphatic hydroxyl groups is 1. The van der Waals surface area contributed by atoms with Gasteiger partial charge >= 0.3 is 0 Å². The molecule has 3 N–H and O–H groups in total. The number of rotatable bonds is 2. The van der Waals surface area contributed by atoms with Crippen LogP contribution in [-0.4, -0.2) is 29.6 Å². The summed E-state index contributed by atoms with van der Waals surface area (Å²) in [5, 5.41) is 14.2. The highest BCUT2D eigenvalue weighted by atomic mass is 19.1. The SMILES string of the molecule is O=C1NCC(O)C1C(=O)Nc1cccc(F)c1. The third kappa shape index (κ3) is 2.42. The second kappa shape index (κ2) is 4.50. The van der Waals surface area contributed by atoms with Crippen LogP contribution in [0.3, 0.4) is 0 Å². The van der Waals surface area contributed by atoms with Gasteiger partial charge in [-0.2, -0.15) is 0 Å². The van der Waals surface area contributed by atoms with Crippen LogP contribution < -0.4 is 10.6 Å². The molecule has 5 nitrogen and oxygen atoms in total. The monoisotopic (exact) mass is 238 g/mol. The maximum Gasteiger partial charge on any atom is 0.239 e. The average Bonchev–Trinajstić information content (AvgIpc) is 2.58. The molecule has 1 heterocycles. The summed E-state index contributed by atoms with van der Waals surface area (Å²) in [5.41, 5.74) is 0.252. The lowest BCUT2D eigenvalue weighted by Gasteiger charge is -2.11. The van der Waals surface area contributed by atoms with Gasteiger partial charge in [0.1, 0.15) is 11.7 Å². The molecule has 6 heteroatoms. The fourth-order valence-corrected chi connectivity index (χ4v) is 1.69. The molecule has 0 radical (unpaired) electrons. The molecule has 1 aliphatic heterocycles. The first-order valence-electron chi connectivity index (χ1n) is 5.10. The van der Waals surface area contributed by atoms with Crippen molar-refractivity contribution in [3.05, 3.63) is 30.1 Å². The van der Waals surface area contributed by atoms with Crippen molar-refractivity contribution in [3.63, 3.8) is 0 Å². The topological polar surface area (TPSA) is 78.4 Å². The molecule has 1 saturated heterocycles. The van der Waals surface area contributed by atoms with Crippen LogP contribution in [0.2, 0.25) is 0 Å². The van der Waals surface area contributed by atoms with Gasteiger partial charge in [0.25, 0.3) is 0 Å². The number of anilines is 1. The van der Waals surface area contributed by atoms with Gasteiger partial charge in [-0.05, 0) is 18.2 Å². The fourth-order valence-electron chi connectivity index (χ4n) is 1.69. The number of halogens is 1. The Labute approximate surface area is 96.6 Å². The van der Waals surface area contributed by atoms with Crippen LogP contribution >= 0.6 is 0 Å². The number of carbonyl (C=O) groups excluding carboxylic acids is 2. The van der Waals surface area contributed by atoms with E-state index in [1.54, 1.807) is 0 Å². The van der Waals surface area contributed by atoms with Crippen LogP contribution in [0.15, 0.2) is 24.3 Å². The molecule has 0 bridgehead atoms. The minimum atomic E-state index is -1.14. The Bertz CT molecular complexity index is 464. The number of aliphatic hydroxyl groups excluding tert-OH is 1. The Morgan fingerprint density at radius 2 is 2.29 bits per heavy atom. The average molecular weight is 238 g/mol. The maximum atomic E-state index is 12.9. The van der Waals surface area contributed by atoms with E-state index in [1.165, 1.54) is 18.2 Å². The van der Waals surface area contributed by atoms with Crippen molar-refractivity contribution in [2.75, 3.05) is 11.9 Å². The van der Waals surface area contributed by atoms with Crippen molar-refractivity contribution in [2.24, 2.45) is 5.92 Å². The Morgan fingerprint density at radius 1 is 1.53 bits per heavy atom. The zero-order chi connectivity index (χ0) is 12.4. The summed E-state index contributed by atoms with van der Waals surface area (Å²) in [5.74, 6) is -2.79. The molecule has 0 aromatic heterocycles. The van der Waals surface area contributed by atoms with Gasteiger partial charge in [0.2, 0.25) is 11.8 Å². The molecule has 2 amide bonds. The van der Waals surface area contributed by atoms with Gasteiger partial charge in [0, 0.05) is 12.2 Å². The maximum absolute atomic E-state index is 12.9. The number of nitrogens with one attached hydrogen (secondary N) is 2. The van der Waals surface area contributed by atoms with Crippen LogP contribution in [-0.2, 0) is 9.59 Å². The molecule has 2 rings (SSSR count). The Morgan fingerprint density at radius 3 is 2.88 bits per heavy atom. The van der Waals surface area contributed by atoms with E-state index in [9.17, 15) is 19.1 Å². The summed E-state index contributed by atoms with van der Waals surface area (Å²) in [6.07, 6.45) is -1.05. The Balaban J connectivity index is 2.09. The lowest BCUT2D eigenvalue weighted by atomic mass is 10.0. The molecule has 1 fully saturated rings. The van der Waals surface area contributed by atoms with Crippen molar-refractivity contribution in [3.8, 4) is 0 Å². The van der Waals surface area contributed by atoms with Crippen LogP contribution in [0, 0.1) is 11.7 Å². The largest absolute Gasteiger partial charge is 0.390 e. The van der Waals surface area contributed by atoms with Crippen LogP contribution in [0.1, 0.15) is 0 Å². The van der Waals surface area contributed by atoms with Crippen LogP contribution in [0.4, 0.5) is 10.1 Å². The minimum absolute atomic E-state index is 0.0556. The summed E-state index contributed by atoms with van der Waals surface area (Å²) in [7, 11) is 0. The van der Waals surface area contributed by atoms with Crippen molar-refractivity contribution < 1.29 is 19.1 Å². The van der Waals surface area contributed by atoms with Gasteiger partial charge in [-0.3, -0.25) is 9.59 Å². The second-order valence-electron chi connectivity index (χ2n) is 3.79. The molecule has 1 aromatic rings. The molecule has 2 atom stereocenters. The fraction of sp³-hybridized carbons (Fsp3) is 0.273. The highest BCUT2D eigenvalue weighted by molar-refractivity contribution is 6.08. The summed E-state index contributed by atoms with van der Waals surface area (Å²) in [6.45, 7) is 0.0556. The first kappa shape index (κ1) is 11.5. The molecule has 0 saturated carbocycles. The summed E-state index contributed by atoms with van der Waals surface area (Å²) in [4.78, 5) is 23.0.